The van der Waals surface area contributed by atoms with Gasteiger partial charge in [-0.2, -0.15) is 0 Å². The Kier molecular flexibility index (Phi) is 3.48. The third-order valence-electron chi connectivity index (χ3n) is 2.00. The van der Waals surface area contributed by atoms with E-state index >= 15 is 0 Å². The summed E-state index contributed by atoms with van der Waals surface area (Å²) in [5.41, 5.74) is 0. The fraction of sp³-hybridized carbons (Fsp3) is 0.714. The first-order valence-corrected chi connectivity index (χ1v) is 5.35. The molecule has 2 atom stereocenters. The van der Waals surface area contributed by atoms with Crippen molar-refractivity contribution in [1.29, 1.82) is 0 Å². The fourth-order valence-electron chi connectivity index (χ4n) is 1.40. The van der Waals surface area contributed by atoms with Crippen molar-refractivity contribution in [3.05, 3.63) is 0 Å². The summed E-state index contributed by atoms with van der Waals surface area (Å²) in [5.74, 6) is -1.28. The van der Waals surface area contributed by atoms with E-state index in [2.05, 4.69) is 0 Å². The number of amides is 1. The van der Waals surface area contributed by atoms with E-state index in [1.54, 1.807) is 0 Å². The number of aliphatic carboxylic acids is 1. The Morgan fingerprint density at radius 2 is 2.15 bits per heavy atom. The zero-order chi connectivity index (χ0) is 10.0. The van der Waals surface area contributed by atoms with E-state index in [0.29, 0.717) is 0 Å². The Morgan fingerprint density at radius 3 is 2.62 bits per heavy atom. The smallest absolute Gasteiger partial charge is 0.326 e. The van der Waals surface area contributed by atoms with Crippen LogP contribution in [0.1, 0.15) is 6.42 Å². The molecule has 1 saturated heterocycles. The molecule has 74 valence electrons. The molecule has 0 saturated carbocycles. The van der Waals surface area contributed by atoms with Crippen LogP contribution >= 0.6 is 22.6 Å². The van der Waals surface area contributed by atoms with Gasteiger partial charge in [-0.1, -0.05) is 22.6 Å². The van der Waals surface area contributed by atoms with Crippen molar-refractivity contribution in [3.8, 4) is 0 Å². The number of hydrogen-bond donors (Lipinski definition) is 2. The van der Waals surface area contributed by atoms with Crippen LogP contribution in [0.2, 0.25) is 0 Å². The summed E-state index contributed by atoms with van der Waals surface area (Å²) in [6, 6.07) is -0.850. The molecule has 5 nitrogen and oxygen atoms in total. The van der Waals surface area contributed by atoms with Gasteiger partial charge in [0.05, 0.1) is 10.5 Å². The Morgan fingerprint density at radius 1 is 1.54 bits per heavy atom. The van der Waals surface area contributed by atoms with Crippen LogP contribution in [-0.4, -0.2) is 50.1 Å². The molecule has 0 bridgehead atoms. The van der Waals surface area contributed by atoms with Crippen LogP contribution in [0.3, 0.4) is 0 Å². The molecule has 0 spiro atoms. The van der Waals surface area contributed by atoms with Gasteiger partial charge < -0.3 is 15.1 Å². The lowest BCUT2D eigenvalue weighted by Crippen LogP contribution is -2.41. The Balaban J connectivity index is 2.71. The van der Waals surface area contributed by atoms with E-state index in [-0.39, 0.29) is 23.3 Å². The third kappa shape index (κ3) is 2.31. The summed E-state index contributed by atoms with van der Waals surface area (Å²) >= 11 is 1.88. The van der Waals surface area contributed by atoms with Crippen molar-refractivity contribution < 1.29 is 19.8 Å². The molecule has 0 radical (unpaired) electrons. The first-order chi connectivity index (χ1) is 6.06. The van der Waals surface area contributed by atoms with E-state index in [1.807, 2.05) is 22.6 Å². The number of aliphatic hydroxyl groups is 1. The van der Waals surface area contributed by atoms with Crippen LogP contribution in [0.15, 0.2) is 0 Å². The van der Waals surface area contributed by atoms with E-state index in [9.17, 15) is 14.7 Å². The average Bonchev–Trinajstić information content (AvgIpc) is 2.46. The second kappa shape index (κ2) is 4.23. The number of hydrogen-bond acceptors (Lipinski definition) is 3. The number of alkyl halides is 1. The van der Waals surface area contributed by atoms with Crippen LogP contribution in [0.5, 0.6) is 0 Å². The van der Waals surface area contributed by atoms with Crippen LogP contribution < -0.4 is 0 Å². The zero-order valence-corrected chi connectivity index (χ0v) is 8.97. The summed E-state index contributed by atoms with van der Waals surface area (Å²) in [5, 5.41) is 17.9. The highest BCUT2D eigenvalue weighted by Gasteiger charge is 2.38. The second-order valence-electron chi connectivity index (χ2n) is 2.92. The molecule has 1 amide bonds. The molecule has 1 rings (SSSR count). The Hall–Kier alpha value is -0.370. The van der Waals surface area contributed by atoms with Crippen molar-refractivity contribution in [3.63, 3.8) is 0 Å². The number of carboxylic acids is 1. The number of halogens is 1. The zero-order valence-electron chi connectivity index (χ0n) is 6.81. The summed E-state index contributed by atoms with van der Waals surface area (Å²) in [6.07, 6.45) is -0.564. The average molecular weight is 299 g/mol. The first kappa shape index (κ1) is 10.7. The molecule has 13 heavy (non-hydrogen) atoms. The predicted octanol–water partition coefficient (Wildman–Crippen LogP) is -0.532. The summed E-state index contributed by atoms with van der Waals surface area (Å²) in [7, 11) is 0. The number of carbonyl (C=O) groups excluding carboxylic acids is 1. The van der Waals surface area contributed by atoms with E-state index in [1.165, 1.54) is 4.90 Å². The lowest BCUT2D eigenvalue weighted by Gasteiger charge is -2.19. The normalized spacial score (nSPS) is 27.7. The maximum atomic E-state index is 11.2. The topological polar surface area (TPSA) is 77.8 Å². The molecule has 6 heteroatoms. The van der Waals surface area contributed by atoms with Gasteiger partial charge >= 0.3 is 5.97 Å². The van der Waals surface area contributed by atoms with Gasteiger partial charge in [0.25, 0.3) is 0 Å². The van der Waals surface area contributed by atoms with Crippen LogP contribution in [0.4, 0.5) is 0 Å². The molecule has 1 heterocycles. The molecular weight excluding hydrogens is 289 g/mol. The van der Waals surface area contributed by atoms with Gasteiger partial charge in [-0.25, -0.2) is 4.79 Å². The van der Waals surface area contributed by atoms with Gasteiger partial charge in [0.2, 0.25) is 5.91 Å². The minimum absolute atomic E-state index is 0.137. The maximum absolute atomic E-state index is 11.2. The molecule has 1 aliphatic rings. The van der Waals surface area contributed by atoms with Crippen molar-refractivity contribution in [2.45, 2.75) is 18.6 Å². The Bertz CT molecular complexity index is 233. The highest BCUT2D eigenvalue weighted by Crippen LogP contribution is 2.18. The van der Waals surface area contributed by atoms with Gasteiger partial charge in [0, 0.05) is 13.0 Å². The van der Waals surface area contributed by atoms with Crippen LogP contribution in [0.25, 0.3) is 0 Å². The van der Waals surface area contributed by atoms with Crippen molar-refractivity contribution in [2.75, 3.05) is 11.0 Å². The number of aliphatic hydroxyl groups excluding tert-OH is 1. The van der Waals surface area contributed by atoms with Crippen molar-refractivity contribution in [2.24, 2.45) is 0 Å². The number of nitrogens with zero attached hydrogens (tertiary/aromatic N) is 1. The predicted molar refractivity (Wildman–Crippen MR) is 52.6 cm³/mol. The third-order valence-corrected chi connectivity index (χ3v) is 2.65. The molecule has 0 aromatic carbocycles. The molecule has 1 aliphatic heterocycles. The molecular formula is C7H10INO4. The maximum Gasteiger partial charge on any atom is 0.326 e. The van der Waals surface area contributed by atoms with Crippen molar-refractivity contribution >= 4 is 34.5 Å². The highest BCUT2D eigenvalue weighted by atomic mass is 127. The van der Waals surface area contributed by atoms with Crippen LogP contribution in [0, 0.1) is 0 Å². The number of rotatable bonds is 2. The lowest BCUT2D eigenvalue weighted by atomic mass is 10.2. The molecule has 0 aromatic rings. The molecule has 0 unspecified atom stereocenters. The van der Waals surface area contributed by atoms with Gasteiger partial charge in [-0.15, -0.1) is 0 Å². The number of carboxylic acid groups (broad SMARTS) is 1. The Labute approximate surface area is 88.9 Å². The minimum atomic E-state index is -1.05. The van der Waals surface area contributed by atoms with E-state index in [4.69, 9.17) is 5.11 Å². The van der Waals surface area contributed by atoms with Crippen LogP contribution in [-0.2, 0) is 9.59 Å². The highest BCUT2D eigenvalue weighted by molar-refractivity contribution is 14.1. The van der Waals surface area contributed by atoms with E-state index < -0.39 is 18.1 Å². The lowest BCUT2D eigenvalue weighted by molar-refractivity contribution is -0.147. The first-order valence-electron chi connectivity index (χ1n) is 3.82. The summed E-state index contributed by atoms with van der Waals surface area (Å²) in [4.78, 5) is 23.1. The van der Waals surface area contributed by atoms with E-state index in [0.717, 1.165) is 0 Å². The summed E-state index contributed by atoms with van der Waals surface area (Å²) in [6.45, 7) is 0.138. The number of carbonyl (C=O) groups is 2. The molecule has 0 aliphatic carbocycles. The SMILES string of the molecule is O=C(O)[C@@H]1C[C@H](O)CN1C(=O)CI. The van der Waals surface area contributed by atoms with Gasteiger partial charge in [-0.05, 0) is 0 Å². The molecule has 2 N–H and O–H groups in total. The fourth-order valence-corrected chi connectivity index (χ4v) is 1.84. The number of likely N-dealkylation sites (tertiary alicyclic amines) is 1. The van der Waals surface area contributed by atoms with Gasteiger partial charge in [-0.3, -0.25) is 4.79 Å². The largest absolute Gasteiger partial charge is 0.480 e. The van der Waals surface area contributed by atoms with Crippen molar-refractivity contribution in [1.82, 2.24) is 4.90 Å². The minimum Gasteiger partial charge on any atom is -0.480 e. The standard InChI is InChI=1S/C7H10INO4/c8-2-6(11)9-3-4(10)1-5(9)7(12)13/h4-5,10H,1-3H2,(H,12,13)/t4-,5-/m0/s1. The quantitative estimate of drug-likeness (QED) is 0.531. The second-order valence-corrected chi connectivity index (χ2v) is 3.69. The van der Waals surface area contributed by atoms with Gasteiger partial charge in [0.1, 0.15) is 6.04 Å². The van der Waals surface area contributed by atoms with Gasteiger partial charge in [0.15, 0.2) is 0 Å². The summed E-state index contributed by atoms with van der Waals surface area (Å²) < 4.78 is 0.244. The monoisotopic (exact) mass is 299 g/mol. The molecule has 0 aromatic heterocycles. The molecule has 1 fully saturated rings. The number of β-amino-alcohol motifs (C(OH)–C–C–N with tert-alkyl or cyclic N) is 1.